The van der Waals surface area contributed by atoms with Crippen molar-refractivity contribution in [2.75, 3.05) is 31.1 Å². The van der Waals surface area contributed by atoms with Crippen LogP contribution in [-0.4, -0.2) is 62.7 Å². The average Bonchev–Trinajstić information content (AvgIpc) is 3.16. The maximum atomic E-state index is 12.4. The Morgan fingerprint density at radius 1 is 1.03 bits per heavy atom. The lowest BCUT2D eigenvalue weighted by Gasteiger charge is -2.36. The normalized spacial score (nSPS) is 14.8. The van der Waals surface area contributed by atoms with Gasteiger partial charge in [-0.05, 0) is 45.0 Å². The van der Waals surface area contributed by atoms with Crippen LogP contribution in [0.1, 0.15) is 20.8 Å². The fraction of sp³-hybridized carbons (Fsp3) is 0.333. The Hall–Kier alpha value is -3.68. The Balaban J connectivity index is 1.40. The number of hydrogen-bond donors (Lipinski definition) is 1. The minimum atomic E-state index is -0.484. The van der Waals surface area contributed by atoms with Crippen LogP contribution in [0.3, 0.4) is 0 Å². The van der Waals surface area contributed by atoms with Crippen LogP contribution in [0.5, 0.6) is 0 Å². The van der Waals surface area contributed by atoms with Gasteiger partial charge in [0.1, 0.15) is 11.2 Å². The Kier molecular flexibility index (Phi) is 4.92. The van der Waals surface area contributed by atoms with Crippen LogP contribution in [0.25, 0.3) is 33.2 Å². The van der Waals surface area contributed by atoms with Crippen LogP contribution in [0, 0.1) is 0 Å². The summed E-state index contributed by atoms with van der Waals surface area (Å²) in [5, 5.41) is 2.13. The molecule has 0 radical (unpaired) electrons. The van der Waals surface area contributed by atoms with E-state index in [1.165, 1.54) is 0 Å². The molecule has 5 rings (SSSR count). The smallest absolute Gasteiger partial charge is 0.410 e. The third-order valence-corrected chi connectivity index (χ3v) is 5.57. The van der Waals surface area contributed by atoms with E-state index >= 15 is 0 Å². The number of pyridine rings is 3. The van der Waals surface area contributed by atoms with E-state index in [1.54, 1.807) is 11.1 Å². The number of amides is 1. The van der Waals surface area contributed by atoms with Crippen molar-refractivity contribution in [3.05, 3.63) is 49.1 Å². The molecule has 8 nitrogen and oxygen atoms in total. The molecule has 0 aromatic carbocycles. The second-order valence-corrected chi connectivity index (χ2v) is 9.03. The predicted octanol–water partition coefficient (Wildman–Crippen LogP) is 4.23. The van der Waals surface area contributed by atoms with Crippen LogP contribution in [0.15, 0.2) is 49.1 Å². The number of aromatic amines is 1. The number of piperazine rings is 1. The molecule has 0 spiro atoms. The lowest BCUT2D eigenvalue weighted by atomic mass is 10.1. The van der Waals surface area contributed by atoms with Gasteiger partial charge in [0.25, 0.3) is 0 Å². The minimum absolute atomic E-state index is 0.252. The van der Waals surface area contributed by atoms with E-state index in [2.05, 4.69) is 37.0 Å². The topological polar surface area (TPSA) is 87.2 Å². The highest BCUT2D eigenvalue weighted by Crippen LogP contribution is 2.30. The third kappa shape index (κ3) is 3.95. The van der Waals surface area contributed by atoms with Crippen molar-refractivity contribution in [3.8, 4) is 11.3 Å². The summed E-state index contributed by atoms with van der Waals surface area (Å²) in [5.74, 6) is 0. The van der Waals surface area contributed by atoms with Crippen LogP contribution >= 0.6 is 0 Å². The van der Waals surface area contributed by atoms with Gasteiger partial charge in [-0.2, -0.15) is 0 Å². The van der Waals surface area contributed by atoms with Crippen molar-refractivity contribution in [3.63, 3.8) is 0 Å². The zero-order valence-electron chi connectivity index (χ0n) is 18.5. The van der Waals surface area contributed by atoms with Crippen molar-refractivity contribution < 1.29 is 9.53 Å². The summed E-state index contributed by atoms with van der Waals surface area (Å²) >= 11 is 0. The molecule has 1 aliphatic heterocycles. The van der Waals surface area contributed by atoms with E-state index in [0.717, 1.165) is 52.0 Å². The molecule has 32 heavy (non-hydrogen) atoms. The first-order chi connectivity index (χ1) is 15.4. The Bertz CT molecular complexity index is 1270. The van der Waals surface area contributed by atoms with Crippen molar-refractivity contribution >= 4 is 33.7 Å². The number of hydrogen-bond acceptors (Lipinski definition) is 6. The molecule has 0 bridgehead atoms. The number of carbonyl (C=O) groups excluding carboxylic acids is 1. The monoisotopic (exact) mass is 430 g/mol. The van der Waals surface area contributed by atoms with Crippen molar-refractivity contribution in [2.24, 2.45) is 0 Å². The van der Waals surface area contributed by atoms with E-state index in [0.29, 0.717) is 13.1 Å². The van der Waals surface area contributed by atoms with Crippen molar-refractivity contribution in [1.29, 1.82) is 0 Å². The molecule has 1 amide bonds. The standard InChI is InChI=1S/C24H26N6O2/c1-24(2,3)32-23(31)30-9-7-29(8-10-30)17-11-19-18-12-20(16-5-4-6-25-13-16)26-15-21(18)28-22(19)27-14-17/h4-6,11-15H,7-10H2,1-3H3,(H,27,28). The summed E-state index contributed by atoms with van der Waals surface area (Å²) in [6.45, 7) is 8.37. The third-order valence-electron chi connectivity index (χ3n) is 5.57. The fourth-order valence-corrected chi connectivity index (χ4v) is 3.98. The highest BCUT2D eigenvalue weighted by Gasteiger charge is 2.26. The van der Waals surface area contributed by atoms with E-state index < -0.39 is 5.60 Å². The molecule has 0 saturated carbocycles. The van der Waals surface area contributed by atoms with Crippen LogP contribution < -0.4 is 4.90 Å². The summed E-state index contributed by atoms with van der Waals surface area (Å²) in [6, 6.07) is 8.16. The van der Waals surface area contributed by atoms with Crippen molar-refractivity contribution in [2.45, 2.75) is 26.4 Å². The molecule has 1 saturated heterocycles. The van der Waals surface area contributed by atoms with Gasteiger partial charge < -0.3 is 19.5 Å². The fourth-order valence-electron chi connectivity index (χ4n) is 3.98. The first-order valence-corrected chi connectivity index (χ1v) is 10.8. The molecule has 8 heteroatoms. The zero-order chi connectivity index (χ0) is 22.3. The van der Waals surface area contributed by atoms with Crippen LogP contribution in [0.4, 0.5) is 10.5 Å². The van der Waals surface area contributed by atoms with Crippen molar-refractivity contribution in [1.82, 2.24) is 24.8 Å². The molecule has 5 heterocycles. The molecular formula is C24H26N6O2. The van der Waals surface area contributed by atoms with Gasteiger partial charge in [-0.15, -0.1) is 0 Å². The molecule has 4 aromatic rings. The Morgan fingerprint density at radius 2 is 1.84 bits per heavy atom. The number of anilines is 1. The summed E-state index contributed by atoms with van der Waals surface area (Å²) in [6.07, 6.45) is 7.05. The van der Waals surface area contributed by atoms with Gasteiger partial charge in [0.2, 0.25) is 0 Å². The lowest BCUT2D eigenvalue weighted by molar-refractivity contribution is 0.0240. The maximum Gasteiger partial charge on any atom is 0.410 e. The van der Waals surface area contributed by atoms with Gasteiger partial charge in [-0.3, -0.25) is 9.97 Å². The Labute approximate surface area is 186 Å². The molecule has 164 valence electrons. The quantitative estimate of drug-likeness (QED) is 0.512. The molecule has 1 aliphatic rings. The second-order valence-electron chi connectivity index (χ2n) is 9.03. The molecule has 4 aromatic heterocycles. The number of H-pyrrole nitrogens is 1. The number of carbonyl (C=O) groups is 1. The molecule has 0 unspecified atom stereocenters. The second kappa shape index (κ2) is 7.78. The maximum absolute atomic E-state index is 12.4. The Morgan fingerprint density at radius 3 is 2.56 bits per heavy atom. The highest BCUT2D eigenvalue weighted by molar-refractivity contribution is 6.07. The zero-order valence-corrected chi connectivity index (χ0v) is 18.5. The van der Waals surface area contributed by atoms with Crippen LogP contribution in [-0.2, 0) is 4.74 Å². The first-order valence-electron chi connectivity index (χ1n) is 10.8. The molecule has 1 fully saturated rings. The highest BCUT2D eigenvalue weighted by atomic mass is 16.6. The van der Waals surface area contributed by atoms with Gasteiger partial charge in [0, 0.05) is 54.9 Å². The number of fused-ring (bicyclic) bond motifs is 3. The van der Waals surface area contributed by atoms with Gasteiger partial charge in [-0.25, -0.2) is 9.78 Å². The van der Waals surface area contributed by atoms with Gasteiger partial charge >= 0.3 is 6.09 Å². The number of nitrogens with one attached hydrogen (secondary N) is 1. The van der Waals surface area contributed by atoms with Gasteiger partial charge in [0.05, 0.1) is 29.3 Å². The van der Waals surface area contributed by atoms with Gasteiger partial charge in [-0.1, -0.05) is 0 Å². The molecular weight excluding hydrogens is 404 g/mol. The summed E-state index contributed by atoms with van der Waals surface area (Å²) in [4.78, 5) is 33.2. The number of nitrogens with zero attached hydrogens (tertiary/aromatic N) is 5. The summed E-state index contributed by atoms with van der Waals surface area (Å²) < 4.78 is 5.50. The minimum Gasteiger partial charge on any atom is -0.444 e. The number of rotatable bonds is 2. The SMILES string of the molecule is CC(C)(C)OC(=O)N1CCN(c2cnc3[nH]c4cnc(-c5cccnc5)cc4c3c2)CC1. The number of aromatic nitrogens is 4. The van der Waals surface area contributed by atoms with E-state index in [4.69, 9.17) is 4.74 Å². The lowest BCUT2D eigenvalue weighted by Crippen LogP contribution is -2.50. The number of ether oxygens (including phenoxy) is 1. The molecule has 1 N–H and O–H groups in total. The molecule has 0 aliphatic carbocycles. The van der Waals surface area contributed by atoms with E-state index in [9.17, 15) is 4.79 Å². The first kappa shape index (κ1) is 20.2. The largest absolute Gasteiger partial charge is 0.444 e. The molecule has 0 atom stereocenters. The summed E-state index contributed by atoms with van der Waals surface area (Å²) in [7, 11) is 0. The van der Waals surface area contributed by atoms with E-state index in [1.807, 2.05) is 51.5 Å². The van der Waals surface area contributed by atoms with Gasteiger partial charge in [0.15, 0.2) is 0 Å². The van der Waals surface area contributed by atoms with E-state index in [-0.39, 0.29) is 6.09 Å². The summed E-state index contributed by atoms with van der Waals surface area (Å²) in [5.41, 5.74) is 4.20. The van der Waals surface area contributed by atoms with Crippen LogP contribution in [0.2, 0.25) is 0 Å². The predicted molar refractivity (Wildman–Crippen MR) is 125 cm³/mol. The average molecular weight is 431 g/mol.